The van der Waals surface area contributed by atoms with Crippen LogP contribution in [-0.2, 0) is 17.8 Å². The van der Waals surface area contributed by atoms with Crippen LogP contribution in [0.2, 0.25) is 0 Å². The van der Waals surface area contributed by atoms with E-state index in [1.807, 2.05) is 25.2 Å². The first-order chi connectivity index (χ1) is 13.0. The molecular weight excluding hydrogens is 369 g/mol. The number of imidazole rings is 1. The number of hydrogen-bond donors (Lipinski definition) is 1. The lowest BCUT2D eigenvalue weighted by molar-refractivity contribution is 0.392. The predicted octanol–water partition coefficient (Wildman–Crippen LogP) is 1.67. The molecule has 0 aliphatic carbocycles. The molecule has 0 radical (unpaired) electrons. The standard InChI is InChI=1S/C17H20FN7OS/c1-23(2)8-13-9-24(11-20-13)16-5-4-14(6-15(16)18)25-10-12(21-22-25)7-19-17(27)26-3/h4-6,9-11H,7-8H2,1-3H3,(H,19,27). The van der Waals surface area contributed by atoms with Gasteiger partial charge in [-0.1, -0.05) is 5.21 Å². The average Bonchev–Trinajstić information content (AvgIpc) is 3.28. The summed E-state index contributed by atoms with van der Waals surface area (Å²) in [5.74, 6) is -0.378. The molecule has 0 aliphatic rings. The minimum absolute atomic E-state index is 0.272. The SMILES string of the molecule is COC(=S)NCc1cn(-c2ccc(-n3cnc(CN(C)C)c3)c(F)c2)nn1. The molecule has 0 amide bonds. The number of aromatic nitrogens is 5. The van der Waals surface area contributed by atoms with Crippen molar-refractivity contribution in [2.45, 2.75) is 13.1 Å². The molecule has 142 valence electrons. The Morgan fingerprint density at radius 1 is 1.30 bits per heavy atom. The van der Waals surface area contributed by atoms with Crippen molar-refractivity contribution < 1.29 is 9.13 Å². The van der Waals surface area contributed by atoms with E-state index in [2.05, 4.69) is 20.6 Å². The summed E-state index contributed by atoms with van der Waals surface area (Å²) in [6, 6.07) is 4.87. The Kier molecular flexibility index (Phi) is 5.77. The number of nitrogens with zero attached hydrogens (tertiary/aromatic N) is 6. The third-order valence-corrected chi connectivity index (χ3v) is 4.04. The fourth-order valence-corrected chi connectivity index (χ4v) is 2.56. The van der Waals surface area contributed by atoms with Crippen molar-refractivity contribution in [3.05, 3.63) is 54.1 Å². The first kappa shape index (κ1) is 18.9. The van der Waals surface area contributed by atoms with Crippen LogP contribution in [0.4, 0.5) is 4.39 Å². The molecule has 0 saturated carbocycles. The van der Waals surface area contributed by atoms with Crippen LogP contribution < -0.4 is 5.32 Å². The fourth-order valence-electron chi connectivity index (χ4n) is 2.49. The molecule has 0 unspecified atom stereocenters. The van der Waals surface area contributed by atoms with Crippen molar-refractivity contribution >= 4 is 17.4 Å². The second kappa shape index (κ2) is 8.23. The number of nitrogens with one attached hydrogen (secondary N) is 1. The van der Waals surface area contributed by atoms with E-state index >= 15 is 0 Å². The molecule has 3 rings (SSSR count). The van der Waals surface area contributed by atoms with Crippen molar-refractivity contribution in [3.8, 4) is 11.4 Å². The Balaban J connectivity index is 1.76. The van der Waals surface area contributed by atoms with Crippen LogP contribution in [-0.4, -0.2) is 55.8 Å². The number of rotatable bonds is 6. The Bertz CT molecular complexity index is 937. The van der Waals surface area contributed by atoms with E-state index < -0.39 is 0 Å². The Morgan fingerprint density at radius 3 is 2.81 bits per heavy atom. The highest BCUT2D eigenvalue weighted by Gasteiger charge is 2.10. The Labute approximate surface area is 161 Å². The maximum atomic E-state index is 14.6. The molecule has 8 nitrogen and oxygen atoms in total. The monoisotopic (exact) mass is 389 g/mol. The number of methoxy groups -OCH3 is 1. The van der Waals surface area contributed by atoms with Gasteiger partial charge in [0.25, 0.3) is 5.17 Å². The van der Waals surface area contributed by atoms with E-state index in [-0.39, 0.29) is 11.0 Å². The topological polar surface area (TPSA) is 73.0 Å². The summed E-state index contributed by atoms with van der Waals surface area (Å²) in [5.41, 5.74) is 2.51. The Hall–Kier alpha value is -2.85. The minimum atomic E-state index is -0.378. The maximum absolute atomic E-state index is 14.6. The molecule has 0 saturated heterocycles. The van der Waals surface area contributed by atoms with Crippen molar-refractivity contribution in [1.29, 1.82) is 0 Å². The molecule has 2 aromatic heterocycles. The maximum Gasteiger partial charge on any atom is 0.256 e. The lowest BCUT2D eigenvalue weighted by atomic mass is 10.2. The van der Waals surface area contributed by atoms with E-state index in [9.17, 15) is 4.39 Å². The third-order valence-electron chi connectivity index (χ3n) is 3.73. The van der Waals surface area contributed by atoms with Gasteiger partial charge in [0.1, 0.15) is 11.5 Å². The van der Waals surface area contributed by atoms with Crippen LogP contribution in [0.3, 0.4) is 0 Å². The third kappa shape index (κ3) is 4.66. The van der Waals surface area contributed by atoms with Gasteiger partial charge in [0, 0.05) is 18.8 Å². The van der Waals surface area contributed by atoms with Gasteiger partial charge in [-0.2, -0.15) is 0 Å². The predicted molar refractivity (Wildman–Crippen MR) is 102 cm³/mol. The summed E-state index contributed by atoms with van der Waals surface area (Å²) < 4.78 is 22.7. The van der Waals surface area contributed by atoms with E-state index in [1.54, 1.807) is 29.2 Å². The van der Waals surface area contributed by atoms with E-state index in [1.165, 1.54) is 17.9 Å². The van der Waals surface area contributed by atoms with Gasteiger partial charge in [-0.15, -0.1) is 5.10 Å². The van der Waals surface area contributed by atoms with Gasteiger partial charge in [0.05, 0.1) is 43.2 Å². The zero-order valence-electron chi connectivity index (χ0n) is 15.3. The van der Waals surface area contributed by atoms with Crippen LogP contribution in [0, 0.1) is 5.82 Å². The lowest BCUT2D eigenvalue weighted by Gasteiger charge is -2.07. The summed E-state index contributed by atoms with van der Waals surface area (Å²) in [7, 11) is 5.40. The van der Waals surface area contributed by atoms with E-state index in [0.717, 1.165) is 5.69 Å². The van der Waals surface area contributed by atoms with E-state index in [0.29, 0.717) is 30.2 Å². The van der Waals surface area contributed by atoms with Crippen LogP contribution in [0.25, 0.3) is 11.4 Å². The molecule has 10 heteroatoms. The highest BCUT2D eigenvalue weighted by molar-refractivity contribution is 7.80. The number of ether oxygens (including phenoxy) is 1. The summed E-state index contributed by atoms with van der Waals surface area (Å²) in [6.07, 6.45) is 5.12. The first-order valence-electron chi connectivity index (χ1n) is 8.17. The molecule has 0 aliphatic heterocycles. The fraction of sp³-hybridized carbons (Fsp3) is 0.294. The van der Waals surface area contributed by atoms with Crippen molar-refractivity contribution in [2.75, 3.05) is 21.2 Å². The normalized spacial score (nSPS) is 11.0. The van der Waals surface area contributed by atoms with Crippen LogP contribution in [0.15, 0.2) is 36.9 Å². The highest BCUT2D eigenvalue weighted by Crippen LogP contribution is 2.18. The summed E-state index contributed by atoms with van der Waals surface area (Å²) in [4.78, 5) is 6.30. The van der Waals surface area contributed by atoms with Crippen LogP contribution in [0.1, 0.15) is 11.4 Å². The molecule has 27 heavy (non-hydrogen) atoms. The molecule has 2 heterocycles. The second-order valence-electron chi connectivity index (χ2n) is 6.15. The number of halogens is 1. The van der Waals surface area contributed by atoms with Crippen molar-refractivity contribution in [2.24, 2.45) is 0 Å². The minimum Gasteiger partial charge on any atom is -0.474 e. The second-order valence-corrected chi connectivity index (χ2v) is 6.52. The number of thiocarbonyl (C=S) groups is 1. The summed E-state index contributed by atoms with van der Waals surface area (Å²) in [5, 5.41) is 11.2. The molecule has 1 aromatic carbocycles. The lowest BCUT2D eigenvalue weighted by Crippen LogP contribution is -2.22. The van der Waals surface area contributed by atoms with Gasteiger partial charge in [0.15, 0.2) is 0 Å². The molecule has 3 aromatic rings. The van der Waals surface area contributed by atoms with Gasteiger partial charge >= 0.3 is 0 Å². The summed E-state index contributed by atoms with van der Waals surface area (Å²) >= 11 is 4.91. The zero-order chi connectivity index (χ0) is 19.4. The molecule has 0 spiro atoms. The van der Waals surface area contributed by atoms with Gasteiger partial charge in [-0.05, 0) is 38.4 Å². The molecular formula is C17H20FN7OS. The first-order valence-corrected chi connectivity index (χ1v) is 8.58. The van der Waals surface area contributed by atoms with Crippen LogP contribution in [0.5, 0.6) is 0 Å². The largest absolute Gasteiger partial charge is 0.474 e. The van der Waals surface area contributed by atoms with Crippen molar-refractivity contribution in [1.82, 2.24) is 34.8 Å². The van der Waals surface area contributed by atoms with Gasteiger partial charge in [-0.3, -0.25) is 0 Å². The smallest absolute Gasteiger partial charge is 0.256 e. The quantitative estimate of drug-likeness (QED) is 0.643. The zero-order valence-corrected chi connectivity index (χ0v) is 16.1. The molecule has 1 N–H and O–H groups in total. The average molecular weight is 389 g/mol. The number of benzene rings is 1. The van der Waals surface area contributed by atoms with Crippen LogP contribution >= 0.6 is 12.2 Å². The molecule has 0 fully saturated rings. The number of hydrogen-bond acceptors (Lipinski definition) is 6. The molecule has 0 bridgehead atoms. The molecule has 0 atom stereocenters. The van der Waals surface area contributed by atoms with Gasteiger partial charge in [-0.25, -0.2) is 14.1 Å². The highest BCUT2D eigenvalue weighted by atomic mass is 32.1. The summed E-state index contributed by atoms with van der Waals surface area (Å²) in [6.45, 7) is 1.06. The van der Waals surface area contributed by atoms with Gasteiger partial charge < -0.3 is 19.5 Å². The van der Waals surface area contributed by atoms with E-state index in [4.69, 9.17) is 17.0 Å². The van der Waals surface area contributed by atoms with Crippen molar-refractivity contribution in [3.63, 3.8) is 0 Å². The Morgan fingerprint density at radius 2 is 2.11 bits per heavy atom. The van der Waals surface area contributed by atoms with Gasteiger partial charge in [0.2, 0.25) is 0 Å².